The Morgan fingerprint density at radius 1 is 1.38 bits per heavy atom. The summed E-state index contributed by atoms with van der Waals surface area (Å²) < 4.78 is 1.73. The van der Waals surface area contributed by atoms with Gasteiger partial charge in [0.25, 0.3) is 5.91 Å². The van der Waals surface area contributed by atoms with E-state index in [9.17, 15) is 4.79 Å². The largest absolute Gasteiger partial charge is 0.366 e. The van der Waals surface area contributed by atoms with Gasteiger partial charge in [-0.25, -0.2) is 0 Å². The summed E-state index contributed by atoms with van der Waals surface area (Å²) in [5.74, 6) is -0.452. The molecule has 0 aliphatic rings. The molecule has 4 heteroatoms. The smallest absolute Gasteiger partial charge is 0.251 e. The number of nitrogens with zero attached hydrogens (tertiary/aromatic N) is 2. The van der Waals surface area contributed by atoms with E-state index in [1.165, 1.54) is 6.20 Å². The number of carbonyl (C=O) groups excluding carboxylic acids is 1. The molecular formula is C12H13N3O. The third-order valence-electron chi connectivity index (χ3n) is 2.56. The first-order valence-electron chi connectivity index (χ1n) is 5.07. The molecule has 4 nitrogen and oxygen atoms in total. The molecule has 0 aliphatic carbocycles. The van der Waals surface area contributed by atoms with E-state index in [1.807, 2.05) is 37.3 Å². The first-order valence-corrected chi connectivity index (χ1v) is 5.07. The molecule has 1 aromatic heterocycles. The predicted molar refractivity (Wildman–Crippen MR) is 61.0 cm³/mol. The quantitative estimate of drug-likeness (QED) is 0.845. The lowest BCUT2D eigenvalue weighted by atomic mass is 10.1. The van der Waals surface area contributed by atoms with Crippen molar-refractivity contribution < 1.29 is 4.79 Å². The summed E-state index contributed by atoms with van der Waals surface area (Å²) in [5, 5.41) is 4.13. The number of primary amides is 1. The van der Waals surface area contributed by atoms with Gasteiger partial charge in [-0.05, 0) is 12.5 Å². The highest BCUT2D eigenvalue weighted by Gasteiger charge is 2.10. The lowest BCUT2D eigenvalue weighted by molar-refractivity contribution is 0.1000. The van der Waals surface area contributed by atoms with Crippen molar-refractivity contribution in [2.45, 2.75) is 13.0 Å². The summed E-state index contributed by atoms with van der Waals surface area (Å²) in [6, 6.07) is 10.1. The number of nitrogens with two attached hydrogens (primary N) is 1. The molecular weight excluding hydrogens is 202 g/mol. The summed E-state index contributed by atoms with van der Waals surface area (Å²) in [4.78, 5) is 10.9. The third kappa shape index (κ3) is 1.95. The van der Waals surface area contributed by atoms with Crippen LogP contribution in [0.2, 0.25) is 0 Å². The third-order valence-corrected chi connectivity index (χ3v) is 2.56. The number of aromatic nitrogens is 2. The van der Waals surface area contributed by atoms with Gasteiger partial charge < -0.3 is 5.73 Å². The SMILES string of the molecule is CC(c1ccccc1)n1cc(C(N)=O)cn1. The van der Waals surface area contributed by atoms with Crippen LogP contribution in [-0.4, -0.2) is 15.7 Å². The Hall–Kier alpha value is -2.10. The fraction of sp³-hybridized carbons (Fsp3) is 0.167. The zero-order valence-corrected chi connectivity index (χ0v) is 9.00. The normalized spacial score (nSPS) is 12.3. The minimum absolute atomic E-state index is 0.0919. The van der Waals surface area contributed by atoms with E-state index in [2.05, 4.69) is 5.10 Å². The van der Waals surface area contributed by atoms with Crippen LogP contribution in [0.4, 0.5) is 0 Å². The molecule has 0 aliphatic heterocycles. The van der Waals surface area contributed by atoms with E-state index in [0.29, 0.717) is 5.56 Å². The second-order valence-electron chi connectivity index (χ2n) is 3.66. The van der Waals surface area contributed by atoms with Gasteiger partial charge in [-0.1, -0.05) is 30.3 Å². The fourth-order valence-corrected chi connectivity index (χ4v) is 1.56. The van der Waals surface area contributed by atoms with Crippen LogP contribution >= 0.6 is 0 Å². The van der Waals surface area contributed by atoms with Gasteiger partial charge in [0, 0.05) is 6.20 Å². The first-order chi connectivity index (χ1) is 7.68. The maximum absolute atomic E-state index is 10.9. The molecule has 82 valence electrons. The second-order valence-corrected chi connectivity index (χ2v) is 3.66. The summed E-state index contributed by atoms with van der Waals surface area (Å²) in [7, 11) is 0. The van der Waals surface area contributed by atoms with Gasteiger partial charge in [-0.3, -0.25) is 9.48 Å². The molecule has 1 atom stereocenters. The van der Waals surface area contributed by atoms with Gasteiger partial charge in [0.15, 0.2) is 0 Å². The molecule has 2 rings (SSSR count). The number of rotatable bonds is 3. The monoisotopic (exact) mass is 215 g/mol. The van der Waals surface area contributed by atoms with Gasteiger partial charge >= 0.3 is 0 Å². The molecule has 2 aromatic rings. The molecule has 0 radical (unpaired) electrons. The Balaban J connectivity index is 2.27. The Bertz CT molecular complexity index is 490. The van der Waals surface area contributed by atoms with Gasteiger partial charge in [-0.15, -0.1) is 0 Å². The van der Waals surface area contributed by atoms with Crippen molar-refractivity contribution in [1.29, 1.82) is 0 Å². The van der Waals surface area contributed by atoms with Crippen molar-refractivity contribution in [3.63, 3.8) is 0 Å². The van der Waals surface area contributed by atoms with Gasteiger partial charge in [0.2, 0.25) is 0 Å². The number of hydrogen-bond donors (Lipinski definition) is 1. The number of hydrogen-bond acceptors (Lipinski definition) is 2. The van der Waals surface area contributed by atoms with Crippen LogP contribution in [0.1, 0.15) is 28.9 Å². The minimum atomic E-state index is -0.452. The first kappa shape index (κ1) is 10.4. The topological polar surface area (TPSA) is 60.9 Å². The summed E-state index contributed by atoms with van der Waals surface area (Å²) in [6.07, 6.45) is 3.15. The van der Waals surface area contributed by atoms with Crippen molar-refractivity contribution in [2.75, 3.05) is 0 Å². The van der Waals surface area contributed by atoms with E-state index in [0.717, 1.165) is 5.56 Å². The molecule has 0 saturated carbocycles. The molecule has 1 aromatic carbocycles. The highest BCUT2D eigenvalue weighted by Crippen LogP contribution is 2.16. The molecule has 16 heavy (non-hydrogen) atoms. The summed E-state index contributed by atoms with van der Waals surface area (Å²) in [5.41, 5.74) is 6.75. The van der Waals surface area contributed by atoms with Crippen LogP contribution in [-0.2, 0) is 0 Å². The fourth-order valence-electron chi connectivity index (χ4n) is 1.56. The van der Waals surface area contributed by atoms with Crippen LogP contribution < -0.4 is 5.73 Å². The van der Waals surface area contributed by atoms with Gasteiger partial charge in [0.1, 0.15) is 0 Å². The summed E-state index contributed by atoms with van der Waals surface area (Å²) in [6.45, 7) is 2.02. The van der Waals surface area contributed by atoms with E-state index < -0.39 is 5.91 Å². The number of benzene rings is 1. The van der Waals surface area contributed by atoms with E-state index in [1.54, 1.807) is 10.9 Å². The highest BCUT2D eigenvalue weighted by atomic mass is 16.1. The Morgan fingerprint density at radius 3 is 2.62 bits per heavy atom. The second kappa shape index (κ2) is 4.18. The van der Waals surface area contributed by atoms with Crippen LogP contribution in [0.15, 0.2) is 42.7 Å². The van der Waals surface area contributed by atoms with Gasteiger partial charge in [0.05, 0.1) is 17.8 Å². The van der Waals surface area contributed by atoms with E-state index >= 15 is 0 Å². The van der Waals surface area contributed by atoms with Crippen molar-refractivity contribution in [1.82, 2.24) is 9.78 Å². The molecule has 0 saturated heterocycles. The van der Waals surface area contributed by atoms with Crippen molar-refractivity contribution in [3.05, 3.63) is 53.9 Å². The van der Waals surface area contributed by atoms with Crippen molar-refractivity contribution in [3.8, 4) is 0 Å². The number of amides is 1. The lowest BCUT2D eigenvalue weighted by Crippen LogP contribution is -2.10. The maximum atomic E-state index is 10.9. The van der Waals surface area contributed by atoms with Crippen molar-refractivity contribution >= 4 is 5.91 Å². The molecule has 1 unspecified atom stereocenters. The summed E-state index contributed by atoms with van der Waals surface area (Å²) >= 11 is 0. The molecule has 1 heterocycles. The molecule has 0 fully saturated rings. The zero-order valence-electron chi connectivity index (χ0n) is 9.00. The molecule has 1 amide bonds. The minimum Gasteiger partial charge on any atom is -0.366 e. The Morgan fingerprint density at radius 2 is 2.06 bits per heavy atom. The maximum Gasteiger partial charge on any atom is 0.251 e. The lowest BCUT2D eigenvalue weighted by Gasteiger charge is -2.11. The number of carbonyl (C=O) groups is 1. The molecule has 0 bridgehead atoms. The van der Waals surface area contributed by atoms with E-state index in [4.69, 9.17) is 5.73 Å². The Labute approximate surface area is 93.7 Å². The zero-order chi connectivity index (χ0) is 11.5. The van der Waals surface area contributed by atoms with Crippen LogP contribution in [0.5, 0.6) is 0 Å². The standard InChI is InChI=1S/C12H13N3O/c1-9(10-5-3-2-4-6-10)15-8-11(7-14-15)12(13)16/h2-9H,1H3,(H2,13,16). The predicted octanol–water partition coefficient (Wildman–Crippen LogP) is 1.59. The average Bonchev–Trinajstić information content (AvgIpc) is 2.78. The van der Waals surface area contributed by atoms with Crippen LogP contribution in [0.25, 0.3) is 0 Å². The highest BCUT2D eigenvalue weighted by molar-refractivity contribution is 5.92. The molecule has 2 N–H and O–H groups in total. The van der Waals surface area contributed by atoms with Crippen LogP contribution in [0, 0.1) is 0 Å². The van der Waals surface area contributed by atoms with E-state index in [-0.39, 0.29) is 6.04 Å². The Kier molecular flexibility index (Phi) is 2.72. The van der Waals surface area contributed by atoms with Gasteiger partial charge in [-0.2, -0.15) is 5.10 Å². The van der Waals surface area contributed by atoms with Crippen LogP contribution in [0.3, 0.4) is 0 Å². The molecule has 0 spiro atoms. The average molecular weight is 215 g/mol. The van der Waals surface area contributed by atoms with Crippen molar-refractivity contribution in [2.24, 2.45) is 5.73 Å².